The first-order valence-electron chi connectivity index (χ1n) is 12.8. The maximum absolute atomic E-state index is 13.1. The molecule has 0 spiro atoms. The molecule has 10 heteroatoms. The van der Waals surface area contributed by atoms with Crippen LogP contribution in [-0.4, -0.2) is 68.3 Å². The summed E-state index contributed by atoms with van der Waals surface area (Å²) in [6, 6.07) is 15.6. The van der Waals surface area contributed by atoms with E-state index in [4.69, 9.17) is 13.7 Å². The molecule has 0 saturated carbocycles. The summed E-state index contributed by atoms with van der Waals surface area (Å²) in [5.74, 6) is -0.274. The normalized spacial score (nSPS) is 21.6. The van der Waals surface area contributed by atoms with Gasteiger partial charge in [-0.3, -0.25) is 4.18 Å². The third-order valence-corrected chi connectivity index (χ3v) is 8.21. The Morgan fingerprint density at radius 2 is 1.66 bits per heavy atom. The van der Waals surface area contributed by atoms with Gasteiger partial charge < -0.3 is 19.3 Å². The highest BCUT2D eigenvalue weighted by molar-refractivity contribution is 7.86. The molecule has 2 aliphatic heterocycles. The van der Waals surface area contributed by atoms with Crippen molar-refractivity contribution in [1.29, 1.82) is 0 Å². The summed E-state index contributed by atoms with van der Waals surface area (Å²) in [4.78, 5) is 29.3. The predicted molar refractivity (Wildman–Crippen MR) is 141 cm³/mol. The van der Waals surface area contributed by atoms with Crippen molar-refractivity contribution < 1.29 is 31.7 Å². The largest absolute Gasteiger partial charge is 0.445 e. The predicted octanol–water partition coefficient (Wildman–Crippen LogP) is 4.59. The van der Waals surface area contributed by atoms with Crippen LogP contribution in [0.5, 0.6) is 0 Å². The molecule has 4 rings (SSSR count). The fraction of sp³-hybridized carbons (Fsp3) is 0.500. The molecule has 2 heterocycles. The number of amides is 2. The molecular weight excluding hydrogens is 508 g/mol. The van der Waals surface area contributed by atoms with Gasteiger partial charge in [0, 0.05) is 25.6 Å². The van der Waals surface area contributed by atoms with Gasteiger partial charge in [0.1, 0.15) is 12.2 Å². The smallest absolute Gasteiger partial charge is 0.410 e. The molecule has 38 heavy (non-hydrogen) atoms. The zero-order valence-corrected chi connectivity index (χ0v) is 23.1. The van der Waals surface area contributed by atoms with Crippen LogP contribution in [0.4, 0.5) is 9.59 Å². The summed E-state index contributed by atoms with van der Waals surface area (Å²) in [7, 11) is -3.95. The van der Waals surface area contributed by atoms with E-state index in [2.05, 4.69) is 0 Å². The number of hydrogen-bond acceptors (Lipinski definition) is 7. The fourth-order valence-corrected chi connectivity index (χ4v) is 5.95. The summed E-state index contributed by atoms with van der Waals surface area (Å²) in [5, 5.41) is 0. The van der Waals surface area contributed by atoms with Gasteiger partial charge in [-0.25, -0.2) is 9.59 Å². The third kappa shape index (κ3) is 6.85. The van der Waals surface area contributed by atoms with Crippen LogP contribution in [0, 0.1) is 18.8 Å². The van der Waals surface area contributed by atoms with Crippen molar-refractivity contribution in [2.75, 3.05) is 26.2 Å². The number of fused-ring (bicyclic) bond motifs is 1. The van der Waals surface area contributed by atoms with E-state index >= 15 is 0 Å². The third-order valence-electron chi connectivity index (χ3n) is 6.91. The Balaban J connectivity index is 1.45. The van der Waals surface area contributed by atoms with Crippen molar-refractivity contribution in [3.63, 3.8) is 0 Å². The van der Waals surface area contributed by atoms with E-state index in [-0.39, 0.29) is 49.1 Å². The maximum atomic E-state index is 13.1. The topological polar surface area (TPSA) is 102 Å². The Kier molecular flexibility index (Phi) is 8.32. The zero-order valence-electron chi connectivity index (χ0n) is 22.3. The molecule has 0 bridgehead atoms. The maximum Gasteiger partial charge on any atom is 0.410 e. The molecule has 2 aromatic rings. The molecular formula is C28H36N2O7S. The van der Waals surface area contributed by atoms with Crippen molar-refractivity contribution in [3.05, 3.63) is 65.7 Å². The van der Waals surface area contributed by atoms with E-state index in [9.17, 15) is 18.0 Å². The van der Waals surface area contributed by atoms with Crippen molar-refractivity contribution in [3.8, 4) is 0 Å². The molecule has 0 aromatic heterocycles. The number of piperidine rings is 1. The minimum absolute atomic E-state index is 0.0473. The molecule has 206 valence electrons. The number of aryl methyl sites for hydroxylation is 1. The molecule has 2 fully saturated rings. The zero-order chi connectivity index (χ0) is 27.5. The Bertz CT molecular complexity index is 1230. The number of rotatable bonds is 6. The van der Waals surface area contributed by atoms with Gasteiger partial charge in [-0.2, -0.15) is 8.42 Å². The summed E-state index contributed by atoms with van der Waals surface area (Å²) < 4.78 is 42.2. The fourth-order valence-electron chi connectivity index (χ4n) is 4.99. The van der Waals surface area contributed by atoms with Gasteiger partial charge in [-0.1, -0.05) is 48.0 Å². The van der Waals surface area contributed by atoms with E-state index in [0.29, 0.717) is 13.0 Å². The van der Waals surface area contributed by atoms with Crippen LogP contribution in [0.15, 0.2) is 59.5 Å². The van der Waals surface area contributed by atoms with Crippen LogP contribution >= 0.6 is 0 Å². The number of carbonyl (C=O) groups excluding carboxylic acids is 2. The highest BCUT2D eigenvalue weighted by atomic mass is 32.2. The first kappa shape index (κ1) is 27.9. The minimum atomic E-state index is -3.95. The first-order valence-corrected chi connectivity index (χ1v) is 14.2. The molecule has 0 aliphatic carbocycles. The lowest BCUT2D eigenvalue weighted by atomic mass is 9.85. The van der Waals surface area contributed by atoms with Crippen LogP contribution in [0.1, 0.15) is 38.3 Å². The van der Waals surface area contributed by atoms with Crippen LogP contribution in [0.2, 0.25) is 0 Å². The summed E-state index contributed by atoms with van der Waals surface area (Å²) >= 11 is 0. The second kappa shape index (κ2) is 11.3. The SMILES string of the molecule is Cc1ccc(S(=O)(=O)OC[C@@H]2CN(C(=O)OC(C)(C)C)[C@@H]3CN(C(=O)OCc4ccccc4)CC[C@H]23)cc1. The lowest BCUT2D eigenvalue weighted by Gasteiger charge is -2.38. The highest BCUT2D eigenvalue weighted by Crippen LogP contribution is 2.38. The molecule has 2 saturated heterocycles. The lowest BCUT2D eigenvalue weighted by molar-refractivity contribution is 0.0107. The molecule has 3 atom stereocenters. The van der Waals surface area contributed by atoms with Crippen LogP contribution in [-0.2, 0) is 30.4 Å². The average Bonchev–Trinajstić information content (AvgIpc) is 3.24. The van der Waals surface area contributed by atoms with Crippen molar-refractivity contribution in [2.45, 2.75) is 57.3 Å². The van der Waals surface area contributed by atoms with Gasteiger partial charge in [-0.05, 0) is 57.7 Å². The van der Waals surface area contributed by atoms with Crippen molar-refractivity contribution in [1.82, 2.24) is 9.80 Å². The van der Waals surface area contributed by atoms with Crippen LogP contribution in [0.3, 0.4) is 0 Å². The Morgan fingerprint density at radius 3 is 2.32 bits per heavy atom. The van der Waals surface area contributed by atoms with Crippen LogP contribution in [0.25, 0.3) is 0 Å². The molecule has 2 aromatic carbocycles. The van der Waals surface area contributed by atoms with E-state index in [1.54, 1.807) is 42.7 Å². The van der Waals surface area contributed by atoms with Crippen LogP contribution < -0.4 is 0 Å². The average molecular weight is 545 g/mol. The second-order valence-electron chi connectivity index (χ2n) is 11.0. The Morgan fingerprint density at radius 1 is 0.974 bits per heavy atom. The van der Waals surface area contributed by atoms with E-state index in [0.717, 1.165) is 11.1 Å². The molecule has 2 aliphatic rings. The summed E-state index contributed by atoms with van der Waals surface area (Å²) in [6.07, 6.45) is -0.350. The number of likely N-dealkylation sites (tertiary alicyclic amines) is 2. The lowest BCUT2D eigenvalue weighted by Crippen LogP contribution is -2.52. The molecule has 2 amide bonds. The van der Waals surface area contributed by atoms with E-state index in [1.165, 1.54) is 12.1 Å². The number of hydrogen-bond donors (Lipinski definition) is 0. The molecule has 0 unspecified atom stereocenters. The van der Waals surface area contributed by atoms with Gasteiger partial charge in [0.25, 0.3) is 10.1 Å². The molecule has 0 N–H and O–H groups in total. The number of ether oxygens (including phenoxy) is 2. The standard InChI is InChI=1S/C28H36N2O7S/c1-20-10-12-23(13-11-20)38(33,34)36-19-22-16-30(27(32)37-28(2,3)4)25-17-29(15-14-24(22)25)26(31)35-18-21-8-6-5-7-9-21/h5-13,22,24-25H,14-19H2,1-4H3/t22-,24+,25+/m0/s1. The molecule has 0 radical (unpaired) electrons. The number of benzene rings is 2. The Hall–Kier alpha value is -3.11. The molecule has 9 nitrogen and oxygen atoms in total. The van der Waals surface area contributed by atoms with Crippen molar-refractivity contribution in [2.24, 2.45) is 11.8 Å². The highest BCUT2D eigenvalue weighted by Gasteiger charge is 2.49. The van der Waals surface area contributed by atoms with Crippen molar-refractivity contribution >= 4 is 22.3 Å². The van der Waals surface area contributed by atoms with Gasteiger partial charge in [-0.15, -0.1) is 0 Å². The van der Waals surface area contributed by atoms with E-state index < -0.39 is 27.9 Å². The minimum Gasteiger partial charge on any atom is -0.445 e. The van der Waals surface area contributed by atoms with E-state index in [1.807, 2.05) is 37.3 Å². The van der Waals surface area contributed by atoms with Gasteiger partial charge in [0.05, 0.1) is 17.5 Å². The first-order chi connectivity index (χ1) is 17.9. The summed E-state index contributed by atoms with van der Waals surface area (Å²) in [6.45, 7) is 8.36. The van der Waals surface area contributed by atoms with Gasteiger partial charge in [0.2, 0.25) is 0 Å². The second-order valence-corrected chi connectivity index (χ2v) is 12.6. The monoisotopic (exact) mass is 544 g/mol. The van der Waals surface area contributed by atoms with Gasteiger partial charge in [0.15, 0.2) is 0 Å². The quantitative estimate of drug-likeness (QED) is 0.490. The summed E-state index contributed by atoms with van der Waals surface area (Å²) in [5.41, 5.74) is 1.14. The number of carbonyl (C=O) groups is 2. The Labute approximate surface area is 224 Å². The van der Waals surface area contributed by atoms with Gasteiger partial charge >= 0.3 is 12.2 Å². The number of nitrogens with zero attached hydrogens (tertiary/aromatic N) is 2.